The third-order valence-electron chi connectivity index (χ3n) is 8.84. The van der Waals surface area contributed by atoms with Gasteiger partial charge in [0.2, 0.25) is 0 Å². The topological polar surface area (TPSA) is 0 Å². The number of rotatable bonds is 4. The Morgan fingerprint density at radius 3 is 1.66 bits per heavy atom. The van der Waals surface area contributed by atoms with E-state index in [0.717, 1.165) is 19.3 Å². The first-order chi connectivity index (χ1) is 22.0. The SMILES string of the molecule is CC(C)(C)c1c[c-]c2c(c1)-c1cc(C(C)(C)C)ccc1C2.CC1[C-]=CC(C(C)(C)C)=C1.[Zr+2]=[C](Cc1ccccc1)Cc1ccccc1. The van der Waals surface area contributed by atoms with E-state index in [2.05, 4.69) is 185 Å². The summed E-state index contributed by atoms with van der Waals surface area (Å²) in [6.45, 7) is 22.5. The molecule has 4 aromatic carbocycles. The Bertz CT molecular complexity index is 1590. The van der Waals surface area contributed by atoms with Crippen LogP contribution >= 0.6 is 0 Å². The molecule has 0 fully saturated rings. The van der Waals surface area contributed by atoms with Crippen LogP contribution in [-0.4, -0.2) is 3.21 Å². The second-order valence-electron chi connectivity index (χ2n) is 16.2. The molecule has 0 aliphatic heterocycles. The average Bonchev–Trinajstić information content (AvgIpc) is 3.61. The molecule has 0 N–H and O–H groups in total. The zero-order chi connectivity index (χ0) is 34.4. The van der Waals surface area contributed by atoms with Crippen LogP contribution in [0.5, 0.6) is 0 Å². The first-order valence-corrected chi connectivity index (χ1v) is 18.4. The van der Waals surface area contributed by atoms with Gasteiger partial charge in [-0.1, -0.05) is 115 Å². The Balaban J connectivity index is 0.000000170. The van der Waals surface area contributed by atoms with Crippen molar-refractivity contribution >= 4 is 3.21 Å². The van der Waals surface area contributed by atoms with Crippen molar-refractivity contribution < 1.29 is 24.2 Å². The average molecular weight is 698 g/mol. The van der Waals surface area contributed by atoms with Gasteiger partial charge in [0.15, 0.2) is 0 Å². The van der Waals surface area contributed by atoms with Crippen LogP contribution in [0.3, 0.4) is 0 Å². The van der Waals surface area contributed by atoms with Gasteiger partial charge in [0.1, 0.15) is 0 Å². The molecule has 4 aromatic rings. The van der Waals surface area contributed by atoms with E-state index in [0.29, 0.717) is 11.3 Å². The number of hydrogen-bond donors (Lipinski definition) is 0. The van der Waals surface area contributed by atoms with Crippen molar-refractivity contribution in [3.8, 4) is 11.1 Å². The molecule has 0 saturated heterocycles. The van der Waals surface area contributed by atoms with E-state index in [1.165, 1.54) is 50.1 Å². The molecule has 0 bridgehead atoms. The van der Waals surface area contributed by atoms with Crippen molar-refractivity contribution in [3.05, 3.63) is 154 Å². The third kappa shape index (κ3) is 10.8. The van der Waals surface area contributed by atoms with Crippen LogP contribution in [0, 0.1) is 23.5 Å². The minimum absolute atomic E-state index is 0.177. The molecule has 1 atom stereocenters. The van der Waals surface area contributed by atoms with Gasteiger partial charge in [-0.05, 0) is 17.4 Å². The van der Waals surface area contributed by atoms with E-state index >= 15 is 0 Å². The van der Waals surface area contributed by atoms with Gasteiger partial charge >= 0.3 is 112 Å². The molecule has 0 amide bonds. The summed E-state index contributed by atoms with van der Waals surface area (Å²) in [5, 5.41) is 0. The quantitative estimate of drug-likeness (QED) is 0.164. The molecule has 0 nitrogen and oxygen atoms in total. The van der Waals surface area contributed by atoms with Crippen LogP contribution in [0.25, 0.3) is 11.1 Å². The van der Waals surface area contributed by atoms with Gasteiger partial charge < -0.3 is 0 Å². The molecule has 1 heteroatoms. The van der Waals surface area contributed by atoms with E-state index in [-0.39, 0.29) is 10.8 Å². The first kappa shape index (κ1) is 36.9. The standard InChI is InChI=1S/C21H25.C15H14.C10H15.Zr/c1-20(2,3)16-9-7-14-11-15-8-10-17(21(4,5)6)13-19(15)18(14)12-16;1-3-8-14(9-4-1)12-7-13-15-10-5-2-6-11-15;1-8-5-6-9(7-8)10(2,3)4;/h7,9-10,12-13H,11H2,1-6H3;1-6,8-11H,12-13H2;6-8H,1-4H3;/q-1;;-1;+2. The van der Waals surface area contributed by atoms with E-state index in [1.54, 1.807) is 27.4 Å². The van der Waals surface area contributed by atoms with Crippen LogP contribution in [0.2, 0.25) is 0 Å². The molecular formula is C46H54Zr. The van der Waals surface area contributed by atoms with Crippen molar-refractivity contribution in [1.29, 1.82) is 0 Å². The summed E-state index contributed by atoms with van der Waals surface area (Å²) in [6.07, 6.45) is 10.9. The van der Waals surface area contributed by atoms with Crippen molar-refractivity contribution in [2.45, 2.75) is 99.3 Å². The normalized spacial score (nSPS) is 15.1. The van der Waals surface area contributed by atoms with Crippen molar-refractivity contribution in [3.63, 3.8) is 0 Å². The summed E-state index contributed by atoms with van der Waals surface area (Å²) in [5.74, 6) is 0.522. The van der Waals surface area contributed by atoms with Gasteiger partial charge in [0.05, 0.1) is 0 Å². The van der Waals surface area contributed by atoms with E-state index in [4.69, 9.17) is 0 Å². The van der Waals surface area contributed by atoms with Crippen LogP contribution in [0.4, 0.5) is 0 Å². The maximum atomic E-state index is 3.53. The van der Waals surface area contributed by atoms with E-state index in [1.807, 2.05) is 0 Å². The predicted molar refractivity (Wildman–Crippen MR) is 201 cm³/mol. The van der Waals surface area contributed by atoms with Crippen molar-refractivity contribution in [2.75, 3.05) is 0 Å². The fraction of sp³-hybridized carbons (Fsp3) is 0.370. The van der Waals surface area contributed by atoms with Gasteiger partial charge in [0.25, 0.3) is 0 Å². The predicted octanol–water partition coefficient (Wildman–Crippen LogP) is 11.8. The van der Waals surface area contributed by atoms with E-state index in [9.17, 15) is 0 Å². The molecule has 2 aliphatic carbocycles. The number of benzene rings is 4. The van der Waals surface area contributed by atoms with Gasteiger partial charge in [-0.25, -0.2) is 6.08 Å². The summed E-state index contributed by atoms with van der Waals surface area (Å²) in [4.78, 5) is 0. The number of hydrogen-bond acceptors (Lipinski definition) is 0. The van der Waals surface area contributed by atoms with Crippen LogP contribution < -0.4 is 0 Å². The molecule has 1 unspecified atom stereocenters. The van der Waals surface area contributed by atoms with Crippen LogP contribution in [0.1, 0.15) is 103 Å². The zero-order valence-corrected chi connectivity index (χ0v) is 33.0. The second kappa shape index (κ2) is 15.6. The molecule has 0 spiro atoms. The van der Waals surface area contributed by atoms with Gasteiger partial charge in [0, 0.05) is 0 Å². The monoisotopic (exact) mass is 696 g/mol. The van der Waals surface area contributed by atoms with Gasteiger partial charge in [-0.2, -0.15) is 41.0 Å². The molecule has 242 valence electrons. The Kier molecular flexibility index (Phi) is 12.2. The molecular weight excluding hydrogens is 644 g/mol. The minimum atomic E-state index is 0.177. The molecule has 0 saturated carbocycles. The number of fused-ring (bicyclic) bond motifs is 3. The Morgan fingerprint density at radius 2 is 1.21 bits per heavy atom. The molecule has 47 heavy (non-hydrogen) atoms. The Morgan fingerprint density at radius 1 is 0.681 bits per heavy atom. The van der Waals surface area contributed by atoms with Gasteiger partial charge in [-0.15, -0.1) is 5.56 Å². The second-order valence-corrected chi connectivity index (χ2v) is 18.0. The van der Waals surface area contributed by atoms with Crippen LogP contribution in [0.15, 0.2) is 109 Å². The molecule has 0 radical (unpaired) electrons. The maximum absolute atomic E-state index is 3.53. The summed E-state index contributed by atoms with van der Waals surface area (Å²) in [7, 11) is 0. The summed E-state index contributed by atoms with van der Waals surface area (Å²) >= 11 is 1.55. The fourth-order valence-corrected chi connectivity index (χ4v) is 6.79. The van der Waals surface area contributed by atoms with Crippen molar-refractivity contribution in [2.24, 2.45) is 11.3 Å². The molecule has 2 aliphatic rings. The Labute approximate surface area is 301 Å². The first-order valence-electron chi connectivity index (χ1n) is 17.2. The molecule has 6 rings (SSSR count). The Hall–Kier alpha value is -2.89. The summed E-state index contributed by atoms with van der Waals surface area (Å²) < 4.78 is 1.60. The zero-order valence-electron chi connectivity index (χ0n) is 30.5. The van der Waals surface area contributed by atoms with Gasteiger partial charge in [-0.3, -0.25) is 6.08 Å². The van der Waals surface area contributed by atoms with E-state index < -0.39 is 0 Å². The molecule has 0 heterocycles. The molecule has 0 aromatic heterocycles. The van der Waals surface area contributed by atoms with Crippen molar-refractivity contribution in [1.82, 2.24) is 0 Å². The summed E-state index contributed by atoms with van der Waals surface area (Å²) in [5.41, 5.74) is 13.3. The fourth-order valence-electron chi connectivity index (χ4n) is 5.79. The third-order valence-corrected chi connectivity index (χ3v) is 9.71. The summed E-state index contributed by atoms with van der Waals surface area (Å²) in [6, 6.07) is 36.5. The number of allylic oxidation sites excluding steroid dienone is 4. The van der Waals surface area contributed by atoms with Crippen LogP contribution in [-0.2, 0) is 54.3 Å².